The van der Waals surface area contributed by atoms with Gasteiger partial charge in [-0.15, -0.1) is 0 Å². The van der Waals surface area contributed by atoms with Crippen LogP contribution in [-0.2, 0) is 0 Å². The molecule has 2 aromatic carbocycles. The van der Waals surface area contributed by atoms with Gasteiger partial charge in [0.2, 0.25) is 0 Å². The van der Waals surface area contributed by atoms with Crippen molar-refractivity contribution in [2.45, 2.75) is 12.1 Å². The normalized spacial score (nSPS) is 18.2. The summed E-state index contributed by atoms with van der Waals surface area (Å²) in [7, 11) is 0. The molecule has 6 nitrogen and oxygen atoms in total. The fourth-order valence-corrected chi connectivity index (χ4v) is 4.41. The Morgan fingerprint density at radius 2 is 1.65 bits per heavy atom. The van der Waals surface area contributed by atoms with Gasteiger partial charge in [0.25, 0.3) is 0 Å². The maximum Gasteiger partial charge on any atom is 0.174 e. The Bertz CT molecular complexity index is 1220. The zero-order valence-electron chi connectivity index (χ0n) is 16.5. The number of benzene rings is 2. The minimum atomic E-state index is -0.264. The van der Waals surface area contributed by atoms with Crippen molar-refractivity contribution in [3.8, 4) is 17.2 Å². The molecule has 2 aromatic heterocycles. The Morgan fingerprint density at radius 1 is 0.871 bits per heavy atom. The standard InChI is InChI=1S/C24H20N4O2S/c29-17-12-10-16(11-13-17)27-15-5-8-20(27)23-22(18-6-3-4-14-25-18)26-24(31)28(23)19-7-1-2-9-21(19)30/h1-15,22-23,29-30H,(H,26,31). The first-order chi connectivity index (χ1) is 15.1. The van der Waals surface area contributed by atoms with Crippen LogP contribution >= 0.6 is 12.2 Å². The fourth-order valence-electron chi connectivity index (χ4n) is 4.07. The molecule has 5 rings (SSSR count). The Kier molecular flexibility index (Phi) is 4.80. The first-order valence-corrected chi connectivity index (χ1v) is 10.3. The van der Waals surface area contributed by atoms with Gasteiger partial charge in [-0.3, -0.25) is 4.98 Å². The highest BCUT2D eigenvalue weighted by atomic mass is 32.1. The molecule has 1 fully saturated rings. The predicted octanol–water partition coefficient (Wildman–Crippen LogP) is 4.46. The van der Waals surface area contributed by atoms with Crippen LogP contribution in [0.25, 0.3) is 5.69 Å². The monoisotopic (exact) mass is 428 g/mol. The largest absolute Gasteiger partial charge is 0.508 e. The second-order valence-corrected chi connectivity index (χ2v) is 7.69. The maximum absolute atomic E-state index is 10.6. The van der Waals surface area contributed by atoms with E-state index < -0.39 is 0 Å². The molecule has 4 aromatic rings. The Balaban J connectivity index is 1.68. The van der Waals surface area contributed by atoms with Crippen molar-refractivity contribution < 1.29 is 10.2 Å². The SMILES string of the molecule is Oc1ccc(-n2cccc2C2C(c3ccccn3)NC(=S)N2c2ccccc2O)cc1. The third-order valence-electron chi connectivity index (χ3n) is 5.45. The van der Waals surface area contributed by atoms with Crippen molar-refractivity contribution in [1.29, 1.82) is 0 Å². The van der Waals surface area contributed by atoms with Gasteiger partial charge in [-0.2, -0.15) is 0 Å². The van der Waals surface area contributed by atoms with Crippen LogP contribution in [0.2, 0.25) is 0 Å². The number of hydrogen-bond acceptors (Lipinski definition) is 4. The number of thiocarbonyl (C=S) groups is 1. The quantitative estimate of drug-likeness (QED) is 0.417. The zero-order valence-corrected chi connectivity index (χ0v) is 17.3. The molecule has 0 aliphatic carbocycles. The average molecular weight is 429 g/mol. The molecule has 31 heavy (non-hydrogen) atoms. The van der Waals surface area contributed by atoms with Gasteiger partial charge in [0.15, 0.2) is 5.11 Å². The number of nitrogens with one attached hydrogen (secondary N) is 1. The fraction of sp³-hybridized carbons (Fsp3) is 0.0833. The van der Waals surface area contributed by atoms with Crippen molar-refractivity contribution >= 4 is 23.0 Å². The molecule has 0 radical (unpaired) electrons. The minimum absolute atomic E-state index is 0.154. The van der Waals surface area contributed by atoms with Crippen LogP contribution in [0, 0.1) is 0 Å². The summed E-state index contributed by atoms with van der Waals surface area (Å²) in [6.45, 7) is 0. The van der Waals surface area contributed by atoms with E-state index in [2.05, 4.69) is 14.9 Å². The molecule has 2 atom stereocenters. The lowest BCUT2D eigenvalue weighted by atomic mass is 10.0. The molecule has 154 valence electrons. The molecule has 7 heteroatoms. The summed E-state index contributed by atoms with van der Waals surface area (Å²) in [6, 6.07) is 23.5. The highest BCUT2D eigenvalue weighted by Gasteiger charge is 2.42. The van der Waals surface area contributed by atoms with Gasteiger partial charge < -0.3 is 25.0 Å². The third kappa shape index (κ3) is 3.39. The molecule has 1 saturated heterocycles. The average Bonchev–Trinajstić information content (AvgIpc) is 3.40. The van der Waals surface area contributed by atoms with Crippen LogP contribution in [-0.4, -0.2) is 24.9 Å². The number of pyridine rings is 1. The molecule has 2 unspecified atom stereocenters. The van der Waals surface area contributed by atoms with Crippen molar-refractivity contribution in [1.82, 2.24) is 14.9 Å². The lowest BCUT2D eigenvalue weighted by molar-refractivity contribution is 0.471. The van der Waals surface area contributed by atoms with E-state index in [1.54, 1.807) is 30.5 Å². The summed E-state index contributed by atoms with van der Waals surface area (Å²) in [6.07, 6.45) is 3.74. The second kappa shape index (κ2) is 7.77. The summed E-state index contributed by atoms with van der Waals surface area (Å²) in [5.74, 6) is 0.365. The number of anilines is 1. The number of para-hydroxylation sites is 2. The number of aromatic hydroxyl groups is 2. The van der Waals surface area contributed by atoms with Gasteiger partial charge in [-0.25, -0.2) is 0 Å². The van der Waals surface area contributed by atoms with Gasteiger partial charge in [-0.05, 0) is 72.9 Å². The first-order valence-electron chi connectivity index (χ1n) is 9.89. The van der Waals surface area contributed by atoms with Gasteiger partial charge in [0, 0.05) is 23.8 Å². The molecule has 1 aliphatic rings. The summed E-state index contributed by atoms with van der Waals surface area (Å²) in [4.78, 5) is 6.51. The summed E-state index contributed by atoms with van der Waals surface area (Å²) in [5, 5.41) is 24.2. The molecular weight excluding hydrogens is 408 g/mol. The van der Waals surface area contributed by atoms with Crippen molar-refractivity contribution in [3.63, 3.8) is 0 Å². The van der Waals surface area contributed by atoms with E-state index in [9.17, 15) is 10.2 Å². The number of phenolic OH excluding ortho intramolecular Hbond substituents is 2. The maximum atomic E-state index is 10.6. The molecular formula is C24H20N4O2S. The number of hydrogen-bond donors (Lipinski definition) is 3. The highest BCUT2D eigenvalue weighted by molar-refractivity contribution is 7.80. The molecule has 0 saturated carbocycles. The molecule has 1 aliphatic heterocycles. The predicted molar refractivity (Wildman–Crippen MR) is 123 cm³/mol. The van der Waals surface area contributed by atoms with Gasteiger partial charge in [0.05, 0.1) is 17.4 Å². The van der Waals surface area contributed by atoms with Gasteiger partial charge >= 0.3 is 0 Å². The van der Waals surface area contributed by atoms with Gasteiger partial charge in [0.1, 0.15) is 17.5 Å². The van der Waals surface area contributed by atoms with E-state index in [1.165, 1.54) is 0 Å². The molecule has 0 amide bonds. The molecule has 3 heterocycles. The molecule has 3 N–H and O–H groups in total. The van der Waals surface area contributed by atoms with E-state index in [4.69, 9.17) is 12.2 Å². The summed E-state index contributed by atoms with van der Waals surface area (Å²) >= 11 is 5.72. The smallest absolute Gasteiger partial charge is 0.174 e. The van der Waals surface area contributed by atoms with Gasteiger partial charge in [-0.1, -0.05) is 18.2 Å². The number of rotatable bonds is 4. The van der Waals surface area contributed by atoms with E-state index in [0.717, 1.165) is 17.1 Å². The lowest BCUT2D eigenvalue weighted by Gasteiger charge is -2.29. The van der Waals surface area contributed by atoms with Crippen molar-refractivity contribution in [2.24, 2.45) is 0 Å². The van der Waals surface area contributed by atoms with Crippen LogP contribution in [0.5, 0.6) is 11.5 Å². The van der Waals surface area contributed by atoms with Crippen LogP contribution < -0.4 is 10.2 Å². The Hall–Kier alpha value is -3.84. The van der Waals surface area contributed by atoms with Crippen LogP contribution in [0.4, 0.5) is 5.69 Å². The summed E-state index contributed by atoms with van der Waals surface area (Å²) in [5.41, 5.74) is 3.36. The highest BCUT2D eigenvalue weighted by Crippen LogP contribution is 2.44. The second-order valence-electron chi connectivity index (χ2n) is 7.30. The first kappa shape index (κ1) is 19.1. The van der Waals surface area contributed by atoms with Crippen LogP contribution in [0.15, 0.2) is 91.3 Å². The minimum Gasteiger partial charge on any atom is -0.508 e. The summed E-state index contributed by atoms with van der Waals surface area (Å²) < 4.78 is 2.06. The topological polar surface area (TPSA) is 73.5 Å². The van der Waals surface area contributed by atoms with Crippen LogP contribution in [0.3, 0.4) is 0 Å². The third-order valence-corrected chi connectivity index (χ3v) is 5.77. The molecule has 0 bridgehead atoms. The van der Waals surface area contributed by atoms with E-state index in [1.807, 2.05) is 65.7 Å². The van der Waals surface area contributed by atoms with E-state index in [-0.39, 0.29) is 23.6 Å². The Labute approximate surface area is 185 Å². The number of phenols is 2. The number of nitrogens with zero attached hydrogens (tertiary/aromatic N) is 3. The van der Waals surface area contributed by atoms with E-state index in [0.29, 0.717) is 10.8 Å². The molecule has 0 spiro atoms. The van der Waals surface area contributed by atoms with E-state index >= 15 is 0 Å². The number of aromatic nitrogens is 2. The Morgan fingerprint density at radius 3 is 2.39 bits per heavy atom. The lowest BCUT2D eigenvalue weighted by Crippen LogP contribution is -2.30. The zero-order chi connectivity index (χ0) is 21.4. The van der Waals surface area contributed by atoms with Crippen molar-refractivity contribution in [2.75, 3.05) is 4.90 Å². The van der Waals surface area contributed by atoms with Crippen LogP contribution in [0.1, 0.15) is 23.5 Å². The van der Waals surface area contributed by atoms with Crippen molar-refractivity contribution in [3.05, 3.63) is 103 Å².